The SMILES string of the molecule is CC1(C)CC(NC(=O)c2nccnc2C(N)=O)C(C)(C)O1. The topological polar surface area (TPSA) is 107 Å². The molecule has 114 valence electrons. The third-order valence-corrected chi connectivity index (χ3v) is 3.53. The van der Waals surface area contributed by atoms with Gasteiger partial charge in [-0.05, 0) is 34.1 Å². The van der Waals surface area contributed by atoms with E-state index in [1.807, 2.05) is 27.7 Å². The molecule has 1 aromatic rings. The van der Waals surface area contributed by atoms with E-state index >= 15 is 0 Å². The maximum absolute atomic E-state index is 12.3. The number of aromatic nitrogens is 2. The van der Waals surface area contributed by atoms with E-state index < -0.39 is 17.4 Å². The van der Waals surface area contributed by atoms with Crippen molar-refractivity contribution in [3.05, 3.63) is 23.8 Å². The molecular weight excluding hydrogens is 272 g/mol. The highest BCUT2D eigenvalue weighted by Gasteiger charge is 2.46. The Balaban J connectivity index is 2.22. The number of nitrogens with one attached hydrogen (secondary N) is 1. The number of primary amides is 1. The van der Waals surface area contributed by atoms with Crippen molar-refractivity contribution in [2.75, 3.05) is 0 Å². The van der Waals surface area contributed by atoms with Crippen molar-refractivity contribution in [3.63, 3.8) is 0 Å². The van der Waals surface area contributed by atoms with Gasteiger partial charge in [-0.25, -0.2) is 9.97 Å². The fourth-order valence-corrected chi connectivity index (χ4v) is 2.70. The number of amides is 2. The van der Waals surface area contributed by atoms with E-state index in [9.17, 15) is 9.59 Å². The van der Waals surface area contributed by atoms with Gasteiger partial charge in [0.2, 0.25) is 0 Å². The van der Waals surface area contributed by atoms with Crippen LogP contribution >= 0.6 is 0 Å². The van der Waals surface area contributed by atoms with Gasteiger partial charge in [0.05, 0.1) is 17.2 Å². The lowest BCUT2D eigenvalue weighted by Gasteiger charge is -2.27. The second-order valence-corrected chi connectivity index (χ2v) is 6.31. The van der Waals surface area contributed by atoms with Crippen LogP contribution in [0.1, 0.15) is 55.1 Å². The fourth-order valence-electron chi connectivity index (χ4n) is 2.70. The van der Waals surface area contributed by atoms with Crippen molar-refractivity contribution in [1.29, 1.82) is 0 Å². The quantitative estimate of drug-likeness (QED) is 0.850. The summed E-state index contributed by atoms with van der Waals surface area (Å²) in [5.41, 5.74) is 4.18. The molecule has 0 aliphatic carbocycles. The zero-order valence-electron chi connectivity index (χ0n) is 12.6. The van der Waals surface area contributed by atoms with Crippen LogP contribution in [-0.4, -0.2) is 39.0 Å². The molecule has 3 N–H and O–H groups in total. The Morgan fingerprint density at radius 3 is 2.29 bits per heavy atom. The van der Waals surface area contributed by atoms with Crippen molar-refractivity contribution in [1.82, 2.24) is 15.3 Å². The first-order valence-corrected chi connectivity index (χ1v) is 6.74. The normalized spacial score (nSPS) is 22.8. The Hall–Kier alpha value is -2.02. The summed E-state index contributed by atoms with van der Waals surface area (Å²) in [5.74, 6) is -1.26. The molecular formula is C14H20N4O3. The highest BCUT2D eigenvalue weighted by Crippen LogP contribution is 2.37. The number of ether oxygens (including phenoxy) is 1. The molecule has 1 aliphatic rings. The van der Waals surface area contributed by atoms with E-state index in [-0.39, 0.29) is 23.0 Å². The molecule has 1 atom stereocenters. The number of carbonyl (C=O) groups is 2. The summed E-state index contributed by atoms with van der Waals surface area (Å²) < 4.78 is 5.92. The summed E-state index contributed by atoms with van der Waals surface area (Å²) in [7, 11) is 0. The van der Waals surface area contributed by atoms with Crippen LogP contribution in [0, 0.1) is 0 Å². The third kappa shape index (κ3) is 3.18. The van der Waals surface area contributed by atoms with Crippen LogP contribution in [0.5, 0.6) is 0 Å². The van der Waals surface area contributed by atoms with E-state index in [0.29, 0.717) is 6.42 Å². The first-order valence-electron chi connectivity index (χ1n) is 6.74. The van der Waals surface area contributed by atoms with Gasteiger partial charge in [-0.15, -0.1) is 0 Å². The number of rotatable bonds is 3. The summed E-state index contributed by atoms with van der Waals surface area (Å²) in [4.78, 5) is 31.4. The second kappa shape index (κ2) is 5.07. The molecule has 0 bridgehead atoms. The molecule has 1 aliphatic heterocycles. The smallest absolute Gasteiger partial charge is 0.272 e. The summed E-state index contributed by atoms with van der Waals surface area (Å²) >= 11 is 0. The molecule has 7 nitrogen and oxygen atoms in total. The van der Waals surface area contributed by atoms with Crippen LogP contribution in [0.25, 0.3) is 0 Å². The Morgan fingerprint density at radius 2 is 1.81 bits per heavy atom. The molecule has 7 heteroatoms. The predicted octanol–water partition coefficient (Wildman–Crippen LogP) is 0.651. The lowest BCUT2D eigenvalue weighted by molar-refractivity contribution is -0.0693. The van der Waals surface area contributed by atoms with E-state index in [1.165, 1.54) is 12.4 Å². The maximum Gasteiger partial charge on any atom is 0.272 e. The zero-order chi connectivity index (χ0) is 15.8. The lowest BCUT2D eigenvalue weighted by Crippen LogP contribution is -2.46. The first kappa shape index (κ1) is 15.4. The van der Waals surface area contributed by atoms with E-state index in [1.54, 1.807) is 0 Å². The Labute approximate surface area is 123 Å². The van der Waals surface area contributed by atoms with Gasteiger partial charge in [0, 0.05) is 12.4 Å². The fraction of sp³-hybridized carbons (Fsp3) is 0.571. The summed E-state index contributed by atoms with van der Waals surface area (Å²) in [5, 5.41) is 2.86. The molecule has 1 fully saturated rings. The minimum atomic E-state index is -0.782. The van der Waals surface area contributed by atoms with Gasteiger partial charge in [-0.1, -0.05) is 0 Å². The van der Waals surface area contributed by atoms with Crippen LogP contribution in [0.2, 0.25) is 0 Å². The van der Waals surface area contributed by atoms with Crippen LogP contribution in [-0.2, 0) is 4.74 Å². The Kier molecular flexibility index (Phi) is 3.71. The second-order valence-electron chi connectivity index (χ2n) is 6.31. The molecule has 2 heterocycles. The molecule has 0 aromatic carbocycles. The average molecular weight is 292 g/mol. The van der Waals surface area contributed by atoms with Gasteiger partial charge in [0.15, 0.2) is 11.4 Å². The molecule has 2 rings (SSSR count). The van der Waals surface area contributed by atoms with Crippen molar-refractivity contribution in [3.8, 4) is 0 Å². The van der Waals surface area contributed by atoms with E-state index in [0.717, 1.165) is 0 Å². The summed E-state index contributed by atoms with van der Waals surface area (Å²) in [6.45, 7) is 7.77. The van der Waals surface area contributed by atoms with Crippen molar-refractivity contribution < 1.29 is 14.3 Å². The summed E-state index contributed by atoms with van der Waals surface area (Å²) in [6, 6.07) is -0.192. The standard InChI is InChI=1S/C14H20N4O3/c1-13(2)7-8(14(3,4)21-13)18-12(20)10-9(11(15)19)16-5-6-17-10/h5-6,8H,7H2,1-4H3,(H2,15,19)(H,18,20). The highest BCUT2D eigenvalue weighted by atomic mass is 16.5. The number of nitrogens with two attached hydrogens (primary N) is 1. The average Bonchev–Trinajstić information content (AvgIpc) is 2.56. The molecule has 1 unspecified atom stereocenters. The largest absolute Gasteiger partial charge is 0.367 e. The van der Waals surface area contributed by atoms with Gasteiger partial charge < -0.3 is 15.8 Å². The maximum atomic E-state index is 12.3. The first-order chi connectivity index (χ1) is 9.62. The van der Waals surface area contributed by atoms with Crippen LogP contribution in [0.15, 0.2) is 12.4 Å². The van der Waals surface area contributed by atoms with Gasteiger partial charge in [-0.3, -0.25) is 9.59 Å². The van der Waals surface area contributed by atoms with Gasteiger partial charge in [-0.2, -0.15) is 0 Å². The number of nitrogens with zero attached hydrogens (tertiary/aromatic N) is 2. The van der Waals surface area contributed by atoms with Crippen molar-refractivity contribution in [2.45, 2.75) is 51.4 Å². The number of hydrogen-bond donors (Lipinski definition) is 2. The van der Waals surface area contributed by atoms with Gasteiger partial charge in [0.1, 0.15) is 0 Å². The lowest BCUT2D eigenvalue weighted by atomic mass is 9.94. The number of carbonyl (C=O) groups excluding carboxylic acids is 2. The summed E-state index contributed by atoms with van der Waals surface area (Å²) in [6.07, 6.45) is 3.34. The van der Waals surface area contributed by atoms with E-state index in [2.05, 4.69) is 15.3 Å². The van der Waals surface area contributed by atoms with Crippen molar-refractivity contribution >= 4 is 11.8 Å². The molecule has 0 saturated carbocycles. The molecule has 2 amide bonds. The highest BCUT2D eigenvalue weighted by molar-refractivity contribution is 6.04. The Bertz CT molecular complexity index is 583. The van der Waals surface area contributed by atoms with E-state index in [4.69, 9.17) is 10.5 Å². The van der Waals surface area contributed by atoms with Gasteiger partial charge >= 0.3 is 0 Å². The Morgan fingerprint density at radius 1 is 1.24 bits per heavy atom. The predicted molar refractivity (Wildman–Crippen MR) is 75.7 cm³/mol. The number of hydrogen-bond acceptors (Lipinski definition) is 5. The molecule has 0 spiro atoms. The monoisotopic (exact) mass is 292 g/mol. The van der Waals surface area contributed by atoms with Crippen LogP contribution < -0.4 is 11.1 Å². The molecule has 1 aromatic heterocycles. The molecule has 21 heavy (non-hydrogen) atoms. The minimum Gasteiger partial charge on any atom is -0.367 e. The van der Waals surface area contributed by atoms with Gasteiger partial charge in [0.25, 0.3) is 11.8 Å². The van der Waals surface area contributed by atoms with Crippen LogP contribution in [0.4, 0.5) is 0 Å². The minimum absolute atomic E-state index is 0.0643. The van der Waals surface area contributed by atoms with Crippen molar-refractivity contribution in [2.24, 2.45) is 5.73 Å². The van der Waals surface area contributed by atoms with Crippen LogP contribution in [0.3, 0.4) is 0 Å². The molecule has 0 radical (unpaired) electrons. The third-order valence-electron chi connectivity index (χ3n) is 3.53. The zero-order valence-corrected chi connectivity index (χ0v) is 12.6. The molecule has 1 saturated heterocycles.